The summed E-state index contributed by atoms with van der Waals surface area (Å²) in [5.74, 6) is -0.612. The van der Waals surface area contributed by atoms with E-state index in [4.69, 9.17) is 21.1 Å². The zero-order chi connectivity index (χ0) is 23.3. The monoisotopic (exact) mass is 473 g/mol. The van der Waals surface area contributed by atoms with Crippen molar-refractivity contribution >= 4 is 39.1 Å². The molecule has 0 aromatic heterocycles. The van der Waals surface area contributed by atoms with E-state index in [-0.39, 0.29) is 10.5 Å². The molecule has 32 heavy (non-hydrogen) atoms. The fraction of sp³-hybridized carbons (Fsp3) is 0.130. The number of benzene rings is 3. The highest BCUT2D eigenvalue weighted by Gasteiger charge is 2.23. The van der Waals surface area contributed by atoms with Crippen molar-refractivity contribution in [2.75, 3.05) is 25.1 Å². The minimum Gasteiger partial charge on any atom is -0.497 e. The second-order valence-corrected chi connectivity index (χ2v) is 9.11. The summed E-state index contributed by atoms with van der Waals surface area (Å²) in [5.41, 5.74) is 0.738. The molecule has 0 fully saturated rings. The lowest BCUT2D eigenvalue weighted by atomic mass is 10.1. The second-order valence-electron chi connectivity index (χ2n) is 6.71. The number of hydrogen-bond donors (Lipinski definition) is 0. The third kappa shape index (κ3) is 5.27. The van der Waals surface area contributed by atoms with Crippen molar-refractivity contribution in [2.24, 2.45) is 0 Å². The first-order valence-corrected chi connectivity index (χ1v) is 11.2. The molecule has 7 nitrogen and oxygen atoms in total. The van der Waals surface area contributed by atoms with Gasteiger partial charge in [-0.1, -0.05) is 23.7 Å². The molecule has 0 heterocycles. The normalized spacial score (nSPS) is 11.0. The van der Waals surface area contributed by atoms with E-state index >= 15 is 0 Å². The van der Waals surface area contributed by atoms with Crippen LogP contribution in [-0.4, -0.2) is 40.9 Å². The van der Waals surface area contributed by atoms with Gasteiger partial charge in [-0.25, -0.2) is 13.2 Å². The quantitative estimate of drug-likeness (QED) is 0.359. The number of methoxy groups -OCH3 is 1. The highest BCUT2D eigenvalue weighted by Crippen LogP contribution is 2.25. The van der Waals surface area contributed by atoms with Gasteiger partial charge in [-0.3, -0.25) is 9.10 Å². The third-order valence-electron chi connectivity index (χ3n) is 4.65. The van der Waals surface area contributed by atoms with Crippen molar-refractivity contribution < 1.29 is 27.5 Å². The Morgan fingerprint density at radius 3 is 2.28 bits per heavy atom. The molecular formula is C23H20ClNO6S. The predicted octanol–water partition coefficient (Wildman–Crippen LogP) is 4.21. The van der Waals surface area contributed by atoms with Crippen molar-refractivity contribution in [2.45, 2.75) is 4.90 Å². The standard InChI is InChI=1S/C23H20ClNO6S/c1-25(19-7-4-6-18(24)14-19)32(28,29)21-8-3-5-17(13-21)23(27)31-15-22(26)16-9-11-20(30-2)12-10-16/h3-14H,15H2,1-2H3. The number of ether oxygens (including phenoxy) is 2. The molecule has 9 heteroatoms. The van der Waals surface area contributed by atoms with E-state index in [0.717, 1.165) is 4.31 Å². The Bertz CT molecular complexity index is 1240. The molecule has 0 aliphatic carbocycles. The van der Waals surface area contributed by atoms with Crippen molar-refractivity contribution in [3.05, 3.63) is 88.9 Å². The molecule has 0 unspecified atom stereocenters. The number of esters is 1. The van der Waals surface area contributed by atoms with E-state index in [2.05, 4.69) is 0 Å². The lowest BCUT2D eigenvalue weighted by molar-refractivity contribution is 0.0474. The van der Waals surface area contributed by atoms with Crippen molar-refractivity contribution in [1.82, 2.24) is 0 Å². The molecule has 0 N–H and O–H groups in total. The van der Waals surface area contributed by atoms with Crippen LogP contribution in [0.1, 0.15) is 20.7 Å². The molecule has 3 aromatic carbocycles. The Morgan fingerprint density at radius 2 is 1.62 bits per heavy atom. The first kappa shape index (κ1) is 23.3. The molecular weight excluding hydrogens is 454 g/mol. The van der Waals surface area contributed by atoms with Gasteiger partial charge < -0.3 is 9.47 Å². The lowest BCUT2D eigenvalue weighted by Gasteiger charge is -2.20. The fourth-order valence-corrected chi connectivity index (χ4v) is 4.25. The third-order valence-corrected chi connectivity index (χ3v) is 6.66. The Labute approximate surface area is 191 Å². The van der Waals surface area contributed by atoms with Gasteiger partial charge in [0.05, 0.1) is 23.3 Å². The number of nitrogens with zero attached hydrogens (tertiary/aromatic N) is 1. The Balaban J connectivity index is 1.73. The lowest BCUT2D eigenvalue weighted by Crippen LogP contribution is -2.26. The van der Waals surface area contributed by atoms with Crippen LogP contribution in [0.3, 0.4) is 0 Å². The van der Waals surface area contributed by atoms with Crippen molar-refractivity contribution in [1.29, 1.82) is 0 Å². The fourth-order valence-electron chi connectivity index (χ4n) is 2.83. The SMILES string of the molecule is COc1ccc(C(=O)COC(=O)c2cccc(S(=O)(=O)N(C)c3cccc(Cl)c3)c2)cc1. The van der Waals surface area contributed by atoms with Crippen molar-refractivity contribution in [3.63, 3.8) is 0 Å². The summed E-state index contributed by atoms with van der Waals surface area (Å²) in [7, 11) is -1.06. The largest absolute Gasteiger partial charge is 0.497 e. The number of rotatable bonds is 8. The molecule has 0 atom stereocenters. The number of carbonyl (C=O) groups is 2. The molecule has 3 rings (SSSR count). The molecule has 0 saturated carbocycles. The molecule has 0 bridgehead atoms. The topological polar surface area (TPSA) is 90.0 Å². The highest BCUT2D eigenvalue weighted by molar-refractivity contribution is 7.92. The number of carbonyl (C=O) groups excluding carboxylic acids is 2. The van der Waals surface area contributed by atoms with Crippen LogP contribution in [0.25, 0.3) is 0 Å². The Hall–Kier alpha value is -3.36. The van der Waals surface area contributed by atoms with Crippen LogP contribution >= 0.6 is 11.6 Å². The zero-order valence-corrected chi connectivity index (χ0v) is 18.9. The van der Waals surface area contributed by atoms with E-state index in [1.54, 1.807) is 42.5 Å². The van der Waals surface area contributed by atoms with Crippen LogP contribution in [-0.2, 0) is 14.8 Å². The van der Waals surface area contributed by atoms with Gasteiger partial charge in [-0.05, 0) is 60.7 Å². The molecule has 0 amide bonds. The highest BCUT2D eigenvalue weighted by atomic mass is 35.5. The predicted molar refractivity (Wildman–Crippen MR) is 121 cm³/mol. The summed E-state index contributed by atoms with van der Waals surface area (Å²) >= 11 is 5.96. The Morgan fingerprint density at radius 1 is 0.938 bits per heavy atom. The molecule has 0 saturated heterocycles. The summed E-state index contributed by atoms with van der Waals surface area (Å²) in [6, 6.07) is 18.2. The maximum absolute atomic E-state index is 13.0. The molecule has 3 aromatic rings. The summed E-state index contributed by atoms with van der Waals surface area (Å²) in [4.78, 5) is 24.6. The first-order chi connectivity index (χ1) is 15.2. The van der Waals surface area contributed by atoms with Gasteiger partial charge in [0.25, 0.3) is 10.0 Å². The van der Waals surface area contributed by atoms with Crippen LogP contribution in [0.2, 0.25) is 5.02 Å². The summed E-state index contributed by atoms with van der Waals surface area (Å²) in [6.45, 7) is -0.482. The number of Topliss-reactive ketones (excluding diaryl/α,β-unsaturated/α-hetero) is 1. The number of hydrogen-bond acceptors (Lipinski definition) is 6. The molecule has 0 spiro atoms. The molecule has 0 radical (unpaired) electrons. The number of ketones is 1. The summed E-state index contributed by atoms with van der Waals surface area (Å²) in [5, 5.41) is 0.392. The summed E-state index contributed by atoms with van der Waals surface area (Å²) < 4.78 is 37.2. The second kappa shape index (κ2) is 9.84. The van der Waals surface area contributed by atoms with Crippen LogP contribution in [0.4, 0.5) is 5.69 Å². The molecule has 166 valence electrons. The van der Waals surface area contributed by atoms with Gasteiger partial charge >= 0.3 is 5.97 Å². The van der Waals surface area contributed by atoms with Gasteiger partial charge in [0.15, 0.2) is 12.4 Å². The smallest absolute Gasteiger partial charge is 0.338 e. The molecule has 0 aliphatic heterocycles. The zero-order valence-electron chi connectivity index (χ0n) is 17.3. The number of halogens is 1. The van der Waals surface area contributed by atoms with Crippen LogP contribution in [0.15, 0.2) is 77.7 Å². The van der Waals surface area contributed by atoms with Gasteiger partial charge in [-0.15, -0.1) is 0 Å². The van der Waals surface area contributed by atoms with E-state index in [9.17, 15) is 18.0 Å². The Kier molecular flexibility index (Phi) is 7.17. The van der Waals surface area contributed by atoms with Crippen molar-refractivity contribution in [3.8, 4) is 5.75 Å². The van der Waals surface area contributed by atoms with Crippen LogP contribution in [0.5, 0.6) is 5.75 Å². The van der Waals surface area contributed by atoms with Gasteiger partial charge in [-0.2, -0.15) is 0 Å². The molecule has 0 aliphatic rings. The van der Waals surface area contributed by atoms with Gasteiger partial charge in [0.2, 0.25) is 0 Å². The minimum absolute atomic E-state index is 0.00750. The average molecular weight is 474 g/mol. The van der Waals surface area contributed by atoms with E-state index in [0.29, 0.717) is 22.0 Å². The number of sulfonamides is 1. The van der Waals surface area contributed by atoms with Gasteiger partial charge in [0, 0.05) is 17.6 Å². The first-order valence-electron chi connectivity index (χ1n) is 9.41. The maximum Gasteiger partial charge on any atom is 0.338 e. The van der Waals surface area contributed by atoms with Crippen LogP contribution < -0.4 is 9.04 Å². The number of anilines is 1. The van der Waals surface area contributed by atoms with Gasteiger partial charge in [0.1, 0.15) is 5.75 Å². The minimum atomic E-state index is -3.96. The van der Waals surface area contributed by atoms with Crippen LogP contribution in [0, 0.1) is 0 Å². The van der Waals surface area contributed by atoms with E-state index < -0.39 is 28.4 Å². The average Bonchev–Trinajstić information content (AvgIpc) is 2.81. The van der Waals surface area contributed by atoms with E-state index in [1.165, 1.54) is 44.5 Å². The maximum atomic E-state index is 13.0. The summed E-state index contributed by atoms with van der Waals surface area (Å²) in [6.07, 6.45) is 0. The van der Waals surface area contributed by atoms with E-state index in [1.807, 2.05) is 0 Å².